The zero-order valence-electron chi connectivity index (χ0n) is 12.8. The molecule has 0 radical (unpaired) electrons. The minimum Gasteiger partial charge on any atom is -0.317 e. The Morgan fingerprint density at radius 2 is 2.05 bits per heavy atom. The van der Waals surface area contributed by atoms with E-state index < -0.39 is 0 Å². The average molecular weight is 259 g/mol. The number of aryl methyl sites for hydroxylation is 1. The molecule has 2 rings (SSSR count). The van der Waals surface area contributed by atoms with Crippen molar-refractivity contribution in [3.8, 4) is 0 Å². The summed E-state index contributed by atoms with van der Waals surface area (Å²) in [5.41, 5.74) is 3.24. The molecule has 0 heterocycles. The molecule has 1 N–H and O–H groups in total. The van der Waals surface area contributed by atoms with Gasteiger partial charge in [-0.1, -0.05) is 44.5 Å². The second kappa shape index (κ2) is 7.09. The SMILES string of the molecule is CNC(CCCC1CCCc2ccccc21)C(C)C. The Kier molecular flexibility index (Phi) is 5.45. The molecule has 0 saturated heterocycles. The van der Waals surface area contributed by atoms with Gasteiger partial charge in [0.15, 0.2) is 0 Å². The van der Waals surface area contributed by atoms with E-state index in [-0.39, 0.29) is 0 Å². The summed E-state index contributed by atoms with van der Waals surface area (Å²) in [4.78, 5) is 0. The van der Waals surface area contributed by atoms with E-state index in [4.69, 9.17) is 0 Å². The van der Waals surface area contributed by atoms with Gasteiger partial charge in [-0.3, -0.25) is 0 Å². The highest BCUT2D eigenvalue weighted by Gasteiger charge is 2.20. The van der Waals surface area contributed by atoms with Crippen LogP contribution < -0.4 is 5.32 Å². The predicted molar refractivity (Wildman–Crippen MR) is 83.7 cm³/mol. The Hall–Kier alpha value is -0.820. The van der Waals surface area contributed by atoms with Crippen molar-refractivity contribution in [1.29, 1.82) is 0 Å². The summed E-state index contributed by atoms with van der Waals surface area (Å²) in [6.45, 7) is 4.63. The van der Waals surface area contributed by atoms with Crippen molar-refractivity contribution in [2.24, 2.45) is 5.92 Å². The van der Waals surface area contributed by atoms with Gasteiger partial charge in [-0.2, -0.15) is 0 Å². The van der Waals surface area contributed by atoms with Crippen molar-refractivity contribution in [2.45, 2.75) is 64.3 Å². The van der Waals surface area contributed by atoms with Gasteiger partial charge in [0.2, 0.25) is 0 Å². The van der Waals surface area contributed by atoms with Gasteiger partial charge in [0.1, 0.15) is 0 Å². The molecule has 0 aliphatic heterocycles. The number of fused-ring (bicyclic) bond motifs is 1. The van der Waals surface area contributed by atoms with Gasteiger partial charge < -0.3 is 5.32 Å². The van der Waals surface area contributed by atoms with Crippen LogP contribution in [0.1, 0.15) is 63.0 Å². The van der Waals surface area contributed by atoms with Crippen LogP contribution in [0.5, 0.6) is 0 Å². The van der Waals surface area contributed by atoms with Gasteiger partial charge in [-0.15, -0.1) is 0 Å². The standard InChI is InChI=1S/C18H29N/c1-14(2)18(19-3)13-7-11-16-10-6-9-15-8-4-5-12-17(15)16/h4-5,8,12,14,16,18-19H,6-7,9-11,13H2,1-3H3. The van der Waals surface area contributed by atoms with Gasteiger partial charge in [0, 0.05) is 6.04 Å². The van der Waals surface area contributed by atoms with Crippen molar-refractivity contribution < 1.29 is 0 Å². The lowest BCUT2D eigenvalue weighted by atomic mass is 9.80. The highest BCUT2D eigenvalue weighted by atomic mass is 14.9. The Balaban J connectivity index is 1.87. The minimum absolute atomic E-state index is 0.679. The quantitative estimate of drug-likeness (QED) is 0.792. The topological polar surface area (TPSA) is 12.0 Å². The van der Waals surface area contributed by atoms with Crippen LogP contribution in [0.25, 0.3) is 0 Å². The van der Waals surface area contributed by atoms with E-state index in [2.05, 4.69) is 50.5 Å². The summed E-state index contributed by atoms with van der Waals surface area (Å²) >= 11 is 0. The van der Waals surface area contributed by atoms with E-state index in [1.165, 1.54) is 38.5 Å². The van der Waals surface area contributed by atoms with Crippen molar-refractivity contribution in [3.63, 3.8) is 0 Å². The number of hydrogen-bond acceptors (Lipinski definition) is 1. The molecule has 106 valence electrons. The van der Waals surface area contributed by atoms with E-state index >= 15 is 0 Å². The van der Waals surface area contributed by atoms with Crippen LogP contribution >= 0.6 is 0 Å². The first-order valence-corrected chi connectivity index (χ1v) is 7.97. The third kappa shape index (κ3) is 3.82. The van der Waals surface area contributed by atoms with E-state index in [1.807, 2.05) is 0 Å². The maximum absolute atomic E-state index is 3.46. The summed E-state index contributed by atoms with van der Waals surface area (Å²) in [5, 5.41) is 3.46. The number of nitrogens with one attached hydrogen (secondary N) is 1. The lowest BCUT2D eigenvalue weighted by molar-refractivity contribution is 0.376. The highest BCUT2D eigenvalue weighted by molar-refractivity contribution is 5.32. The molecular formula is C18H29N. The number of hydrogen-bond donors (Lipinski definition) is 1. The van der Waals surface area contributed by atoms with Crippen LogP contribution in [0.3, 0.4) is 0 Å². The summed E-state index contributed by atoms with van der Waals surface area (Å²) in [7, 11) is 2.10. The van der Waals surface area contributed by atoms with Gasteiger partial charge in [-0.05, 0) is 62.1 Å². The molecular weight excluding hydrogens is 230 g/mol. The van der Waals surface area contributed by atoms with Crippen molar-refractivity contribution >= 4 is 0 Å². The molecule has 19 heavy (non-hydrogen) atoms. The van der Waals surface area contributed by atoms with E-state index in [0.29, 0.717) is 6.04 Å². The zero-order valence-corrected chi connectivity index (χ0v) is 12.8. The molecule has 1 nitrogen and oxygen atoms in total. The minimum atomic E-state index is 0.679. The lowest BCUT2D eigenvalue weighted by Gasteiger charge is -2.26. The van der Waals surface area contributed by atoms with Crippen molar-refractivity contribution in [3.05, 3.63) is 35.4 Å². The molecule has 1 aromatic rings. The summed E-state index contributed by atoms with van der Waals surface area (Å²) in [6.07, 6.45) is 8.08. The molecule has 1 aliphatic carbocycles. The monoisotopic (exact) mass is 259 g/mol. The molecule has 0 amide bonds. The first-order valence-electron chi connectivity index (χ1n) is 7.97. The predicted octanol–water partition coefficient (Wildman–Crippen LogP) is 4.52. The molecule has 0 saturated carbocycles. The average Bonchev–Trinajstić information content (AvgIpc) is 2.43. The molecule has 0 bridgehead atoms. The molecule has 0 spiro atoms. The fraction of sp³-hybridized carbons (Fsp3) is 0.667. The lowest BCUT2D eigenvalue weighted by Crippen LogP contribution is -2.30. The summed E-state index contributed by atoms with van der Waals surface area (Å²) in [5.74, 6) is 1.55. The Bertz CT molecular complexity index is 383. The second-order valence-electron chi connectivity index (χ2n) is 6.36. The summed E-state index contributed by atoms with van der Waals surface area (Å²) < 4.78 is 0. The first-order chi connectivity index (χ1) is 9.22. The third-order valence-electron chi connectivity index (χ3n) is 4.74. The van der Waals surface area contributed by atoms with Crippen molar-refractivity contribution in [2.75, 3.05) is 7.05 Å². The van der Waals surface area contributed by atoms with E-state index in [0.717, 1.165) is 11.8 Å². The Morgan fingerprint density at radius 3 is 2.79 bits per heavy atom. The largest absolute Gasteiger partial charge is 0.317 e. The van der Waals surface area contributed by atoms with Gasteiger partial charge in [0.25, 0.3) is 0 Å². The van der Waals surface area contributed by atoms with Crippen LogP contribution in [-0.2, 0) is 6.42 Å². The maximum Gasteiger partial charge on any atom is 0.00870 e. The van der Waals surface area contributed by atoms with Crippen LogP contribution in [-0.4, -0.2) is 13.1 Å². The molecule has 0 fully saturated rings. The van der Waals surface area contributed by atoms with Crippen LogP contribution in [0.4, 0.5) is 0 Å². The van der Waals surface area contributed by atoms with E-state index in [9.17, 15) is 0 Å². The number of benzene rings is 1. The molecule has 0 aromatic heterocycles. The van der Waals surface area contributed by atoms with Gasteiger partial charge >= 0.3 is 0 Å². The normalized spacial score (nSPS) is 20.3. The Labute approximate surface area is 118 Å². The molecule has 1 aromatic carbocycles. The fourth-order valence-electron chi connectivity index (χ4n) is 3.55. The molecule has 1 aliphatic rings. The molecule has 2 unspecified atom stereocenters. The Morgan fingerprint density at radius 1 is 1.26 bits per heavy atom. The van der Waals surface area contributed by atoms with Gasteiger partial charge in [-0.25, -0.2) is 0 Å². The van der Waals surface area contributed by atoms with Crippen molar-refractivity contribution in [1.82, 2.24) is 5.32 Å². The summed E-state index contributed by atoms with van der Waals surface area (Å²) in [6, 6.07) is 9.76. The highest BCUT2D eigenvalue weighted by Crippen LogP contribution is 2.35. The first kappa shape index (κ1) is 14.6. The maximum atomic E-state index is 3.46. The molecule has 2 atom stereocenters. The van der Waals surface area contributed by atoms with Gasteiger partial charge in [0.05, 0.1) is 0 Å². The van der Waals surface area contributed by atoms with Crippen LogP contribution in [0, 0.1) is 5.92 Å². The smallest absolute Gasteiger partial charge is 0.00870 e. The fourth-order valence-corrected chi connectivity index (χ4v) is 3.55. The van der Waals surface area contributed by atoms with E-state index in [1.54, 1.807) is 11.1 Å². The third-order valence-corrected chi connectivity index (χ3v) is 4.74. The second-order valence-corrected chi connectivity index (χ2v) is 6.36. The van der Waals surface area contributed by atoms with Crippen LogP contribution in [0.15, 0.2) is 24.3 Å². The van der Waals surface area contributed by atoms with Crippen LogP contribution in [0.2, 0.25) is 0 Å². The number of rotatable bonds is 6. The molecule has 1 heteroatoms. The zero-order chi connectivity index (χ0) is 13.7.